The molecule has 12 heteroatoms. The molecule has 0 aliphatic carbocycles. The van der Waals surface area contributed by atoms with Crippen LogP contribution < -0.4 is 15.4 Å². The molecule has 1 aromatic carbocycles. The van der Waals surface area contributed by atoms with Crippen molar-refractivity contribution in [2.45, 2.75) is 12.2 Å². The van der Waals surface area contributed by atoms with E-state index in [-0.39, 0.29) is 23.6 Å². The molecule has 0 radical (unpaired) electrons. The molecular formula is C22H15FN6O5. The van der Waals surface area contributed by atoms with Gasteiger partial charge in [0.1, 0.15) is 17.7 Å². The third-order valence-corrected chi connectivity index (χ3v) is 5.94. The lowest BCUT2D eigenvalue weighted by Gasteiger charge is -2.33. The minimum absolute atomic E-state index is 0.0466. The van der Waals surface area contributed by atoms with Crippen LogP contribution in [0.25, 0.3) is 16.9 Å². The monoisotopic (exact) mass is 462 g/mol. The molecule has 3 aromatic heterocycles. The van der Waals surface area contributed by atoms with Gasteiger partial charge < -0.3 is 14.5 Å². The zero-order valence-corrected chi connectivity index (χ0v) is 17.5. The van der Waals surface area contributed by atoms with Crippen molar-refractivity contribution in [2.75, 3.05) is 7.11 Å². The quantitative estimate of drug-likeness (QED) is 0.442. The summed E-state index contributed by atoms with van der Waals surface area (Å²) in [7, 11) is 1.29. The first-order chi connectivity index (χ1) is 16.4. The normalized spacial score (nSPS) is 19.5. The van der Waals surface area contributed by atoms with Crippen LogP contribution in [-0.2, 0) is 17.0 Å². The molecule has 4 amide bonds. The molecule has 0 saturated carbocycles. The van der Waals surface area contributed by atoms with Gasteiger partial charge >= 0.3 is 6.03 Å². The number of nitrogens with zero attached hydrogens (tertiary/aromatic N) is 4. The molecule has 11 nitrogen and oxygen atoms in total. The Kier molecular flexibility index (Phi) is 4.03. The highest BCUT2D eigenvalue weighted by Gasteiger charge is 2.59. The average Bonchev–Trinajstić information content (AvgIpc) is 3.59. The smallest absolute Gasteiger partial charge is 0.324 e. The van der Waals surface area contributed by atoms with Crippen LogP contribution in [0.15, 0.2) is 53.5 Å². The third-order valence-electron chi connectivity index (χ3n) is 5.94. The van der Waals surface area contributed by atoms with E-state index < -0.39 is 29.3 Å². The lowest BCUT2D eigenvalue weighted by molar-refractivity contribution is -0.131. The van der Waals surface area contributed by atoms with Crippen molar-refractivity contribution in [2.24, 2.45) is 0 Å². The Morgan fingerprint density at radius 1 is 1.21 bits per heavy atom. The molecule has 0 bridgehead atoms. The Bertz CT molecular complexity index is 1510. The van der Waals surface area contributed by atoms with Gasteiger partial charge in [0.2, 0.25) is 0 Å². The predicted octanol–water partition coefficient (Wildman–Crippen LogP) is 1.81. The maximum absolute atomic E-state index is 14.9. The molecule has 2 aliphatic heterocycles. The van der Waals surface area contributed by atoms with Crippen LogP contribution >= 0.6 is 0 Å². The maximum atomic E-state index is 14.9. The Morgan fingerprint density at radius 2 is 2.06 bits per heavy atom. The van der Waals surface area contributed by atoms with Crippen LogP contribution in [0, 0.1) is 5.82 Å². The van der Waals surface area contributed by atoms with Gasteiger partial charge in [0.05, 0.1) is 19.2 Å². The second-order valence-corrected chi connectivity index (χ2v) is 7.76. The van der Waals surface area contributed by atoms with E-state index >= 15 is 0 Å². The minimum atomic E-state index is -2.04. The number of halogens is 1. The SMILES string of the molecule is COc1ccc2c(c1F)C(=O)N([C@@]1(c3cc4nc(-n5ccnc5)ccc4o3)NC(=O)NC1=O)C2. The van der Waals surface area contributed by atoms with Crippen LogP contribution in [0.4, 0.5) is 9.18 Å². The summed E-state index contributed by atoms with van der Waals surface area (Å²) in [4.78, 5) is 48.3. The van der Waals surface area contributed by atoms with E-state index in [2.05, 4.69) is 20.6 Å². The third kappa shape index (κ3) is 2.59. The molecule has 0 spiro atoms. The molecule has 1 fully saturated rings. The van der Waals surface area contributed by atoms with Crippen molar-refractivity contribution >= 4 is 28.9 Å². The lowest BCUT2D eigenvalue weighted by Crippen LogP contribution is -2.57. The summed E-state index contributed by atoms with van der Waals surface area (Å²) in [6.07, 6.45) is 4.89. The first-order valence-corrected chi connectivity index (χ1v) is 10.1. The first-order valence-electron chi connectivity index (χ1n) is 10.1. The van der Waals surface area contributed by atoms with Gasteiger partial charge in [-0.15, -0.1) is 0 Å². The summed E-state index contributed by atoms with van der Waals surface area (Å²) in [5.41, 5.74) is -1.23. The number of hydrogen-bond donors (Lipinski definition) is 2. The molecule has 4 aromatic rings. The zero-order chi connectivity index (χ0) is 23.6. The summed E-state index contributed by atoms with van der Waals surface area (Å²) in [6, 6.07) is 6.92. The highest BCUT2D eigenvalue weighted by atomic mass is 19.1. The van der Waals surface area contributed by atoms with Crippen LogP contribution in [0.2, 0.25) is 0 Å². The van der Waals surface area contributed by atoms with Gasteiger partial charge in [-0.1, -0.05) is 6.07 Å². The van der Waals surface area contributed by atoms with Crippen LogP contribution in [-0.4, -0.2) is 44.4 Å². The fourth-order valence-corrected chi connectivity index (χ4v) is 4.34. The number of fused-ring (bicyclic) bond motifs is 2. The van der Waals surface area contributed by atoms with E-state index in [1.165, 1.54) is 25.3 Å². The number of urea groups is 1. The van der Waals surface area contributed by atoms with Crippen LogP contribution in [0.5, 0.6) is 5.75 Å². The number of carbonyl (C=O) groups excluding carboxylic acids is 3. The van der Waals surface area contributed by atoms with Crippen molar-refractivity contribution in [3.8, 4) is 11.6 Å². The molecule has 2 N–H and O–H groups in total. The first kappa shape index (κ1) is 19.9. The topological polar surface area (TPSA) is 132 Å². The lowest BCUT2D eigenvalue weighted by atomic mass is 10.1. The number of pyridine rings is 1. The predicted molar refractivity (Wildman–Crippen MR) is 112 cm³/mol. The molecule has 2 aliphatic rings. The second-order valence-electron chi connectivity index (χ2n) is 7.76. The van der Waals surface area contributed by atoms with Crippen molar-refractivity contribution < 1.29 is 27.9 Å². The summed E-state index contributed by atoms with van der Waals surface area (Å²) in [6.45, 7) is -0.145. The number of nitrogens with one attached hydrogen (secondary N) is 2. The Hall–Kier alpha value is -4.74. The number of benzene rings is 1. The van der Waals surface area contributed by atoms with Gasteiger partial charge in [0.25, 0.3) is 17.5 Å². The van der Waals surface area contributed by atoms with Gasteiger partial charge in [-0.05, 0) is 23.8 Å². The molecule has 6 rings (SSSR count). The van der Waals surface area contributed by atoms with E-state index in [1.54, 1.807) is 35.4 Å². The Balaban J connectivity index is 1.49. The number of aromatic nitrogens is 3. The largest absolute Gasteiger partial charge is 0.494 e. The molecule has 34 heavy (non-hydrogen) atoms. The molecule has 5 heterocycles. The van der Waals surface area contributed by atoms with Gasteiger partial charge in [0.15, 0.2) is 22.9 Å². The minimum Gasteiger partial charge on any atom is -0.494 e. The fraction of sp³-hybridized carbons (Fsp3) is 0.136. The fourth-order valence-electron chi connectivity index (χ4n) is 4.34. The number of methoxy groups -OCH3 is 1. The number of hydrogen-bond acceptors (Lipinski definition) is 7. The van der Waals surface area contributed by atoms with Crippen molar-refractivity contribution in [3.63, 3.8) is 0 Å². The average molecular weight is 462 g/mol. The number of ether oxygens (including phenoxy) is 1. The van der Waals surface area contributed by atoms with Crippen LogP contribution in [0.3, 0.4) is 0 Å². The standard InChI is InChI=1S/C22H15FN6O5/c1-33-14-3-2-11-9-29(19(30)17(11)18(14)23)22(20(31)26-21(32)27-22)15-8-12-13(34-15)4-5-16(25-12)28-7-6-24-10-28/h2-8,10H,9H2,1H3,(H2,26,27,31,32)/t22-/m1/s1. The number of rotatable bonds is 4. The van der Waals surface area contributed by atoms with Gasteiger partial charge in [0, 0.05) is 18.5 Å². The Morgan fingerprint density at radius 3 is 2.76 bits per heavy atom. The molecule has 0 unspecified atom stereocenters. The highest BCUT2D eigenvalue weighted by molar-refractivity contribution is 6.11. The van der Waals surface area contributed by atoms with E-state index in [9.17, 15) is 18.8 Å². The summed E-state index contributed by atoms with van der Waals surface area (Å²) in [5.74, 6) is -2.08. The molecular weight excluding hydrogens is 447 g/mol. The zero-order valence-electron chi connectivity index (χ0n) is 17.5. The number of furan rings is 1. The second kappa shape index (κ2) is 6.88. The van der Waals surface area contributed by atoms with Gasteiger partial charge in [-0.25, -0.2) is 19.2 Å². The molecule has 1 atom stereocenters. The summed E-state index contributed by atoms with van der Waals surface area (Å²) >= 11 is 0. The van der Waals surface area contributed by atoms with Crippen molar-refractivity contribution in [3.05, 3.63) is 71.8 Å². The number of imide groups is 1. The molecule has 170 valence electrons. The summed E-state index contributed by atoms with van der Waals surface area (Å²) in [5, 5.41) is 4.66. The van der Waals surface area contributed by atoms with E-state index in [4.69, 9.17) is 9.15 Å². The van der Waals surface area contributed by atoms with Crippen molar-refractivity contribution in [1.29, 1.82) is 0 Å². The van der Waals surface area contributed by atoms with E-state index in [1.807, 2.05) is 0 Å². The van der Waals surface area contributed by atoms with E-state index in [0.29, 0.717) is 22.5 Å². The molecule has 1 saturated heterocycles. The number of carbonyl (C=O) groups is 3. The van der Waals surface area contributed by atoms with Gasteiger partial charge in [-0.3, -0.25) is 24.4 Å². The van der Waals surface area contributed by atoms with E-state index in [0.717, 1.165) is 4.90 Å². The maximum Gasteiger partial charge on any atom is 0.324 e. The number of amides is 4. The van der Waals surface area contributed by atoms with Crippen molar-refractivity contribution in [1.82, 2.24) is 30.1 Å². The highest BCUT2D eigenvalue weighted by Crippen LogP contribution is 2.40. The number of imidazole rings is 1. The Labute approximate surface area is 190 Å². The summed E-state index contributed by atoms with van der Waals surface area (Å²) < 4.78 is 27.5. The van der Waals surface area contributed by atoms with Gasteiger partial charge in [-0.2, -0.15) is 0 Å². The van der Waals surface area contributed by atoms with Crippen LogP contribution in [0.1, 0.15) is 21.7 Å².